The molecule has 0 saturated heterocycles. The number of carbonyl (C=O) groups excluding carboxylic acids is 3. The molecule has 3 aromatic carbocycles. The number of hydrogen-bond donors (Lipinski definition) is 1. The number of nitrogens with one attached hydrogen (secondary N) is 1. The first-order chi connectivity index (χ1) is 15.9. The fourth-order valence-electron chi connectivity index (χ4n) is 2.77. The van der Waals surface area contributed by atoms with Crippen LogP contribution in [0, 0.1) is 5.82 Å². The van der Waals surface area contributed by atoms with Gasteiger partial charge in [-0.05, 0) is 66.7 Å². The largest absolute Gasteiger partial charge is 0.484 e. The number of halogens is 1. The van der Waals surface area contributed by atoms with Crippen molar-refractivity contribution in [3.63, 3.8) is 0 Å². The van der Waals surface area contributed by atoms with Crippen molar-refractivity contribution >= 4 is 23.5 Å². The zero-order valence-electron chi connectivity index (χ0n) is 17.8. The van der Waals surface area contributed by atoms with Crippen LogP contribution >= 0.6 is 0 Å². The lowest BCUT2D eigenvalue weighted by molar-refractivity contribution is -0.118. The van der Waals surface area contributed by atoms with Gasteiger partial charge in [0.15, 0.2) is 6.61 Å². The molecule has 33 heavy (non-hydrogen) atoms. The molecular weight excluding hydrogens is 433 g/mol. The van der Waals surface area contributed by atoms with Crippen LogP contribution in [0.25, 0.3) is 0 Å². The zero-order chi connectivity index (χ0) is 23.8. The monoisotopic (exact) mass is 453 g/mol. The van der Waals surface area contributed by atoms with Gasteiger partial charge in [0.2, 0.25) is 0 Å². The van der Waals surface area contributed by atoms with Gasteiger partial charge in [-0.25, -0.2) is 14.0 Å². The minimum atomic E-state index is -0.707. The Morgan fingerprint density at radius 1 is 0.758 bits per heavy atom. The van der Waals surface area contributed by atoms with E-state index in [1.807, 2.05) is 0 Å². The Labute approximate surface area is 188 Å². The maximum absolute atomic E-state index is 12.9. The predicted octanol–water partition coefficient (Wildman–Crippen LogP) is 4.21. The Bertz CT molecular complexity index is 1140. The Morgan fingerprint density at radius 3 is 1.97 bits per heavy atom. The first kappa shape index (κ1) is 23.3. The van der Waals surface area contributed by atoms with E-state index in [1.165, 1.54) is 56.7 Å². The van der Waals surface area contributed by atoms with Crippen molar-refractivity contribution in [2.45, 2.75) is 0 Å². The molecule has 170 valence electrons. The van der Waals surface area contributed by atoms with E-state index in [9.17, 15) is 18.8 Å². The lowest BCUT2D eigenvalue weighted by atomic mass is 10.1. The van der Waals surface area contributed by atoms with E-state index < -0.39 is 23.7 Å². The fraction of sp³-hybridized carbons (Fsp3) is 0.125. The minimum absolute atomic E-state index is 0.00638. The normalized spacial score (nSPS) is 10.2. The molecule has 1 amide bonds. The van der Waals surface area contributed by atoms with Gasteiger partial charge in [0.05, 0.1) is 25.3 Å². The third kappa shape index (κ3) is 6.30. The topological polar surface area (TPSA) is 100 Å². The number of carbonyl (C=O) groups is 3. The van der Waals surface area contributed by atoms with Gasteiger partial charge in [0.1, 0.15) is 23.1 Å². The average molecular weight is 453 g/mol. The van der Waals surface area contributed by atoms with Crippen LogP contribution < -0.4 is 14.8 Å². The predicted molar refractivity (Wildman–Crippen MR) is 116 cm³/mol. The summed E-state index contributed by atoms with van der Waals surface area (Å²) in [6, 6.07) is 16.1. The third-order valence-electron chi connectivity index (χ3n) is 4.36. The van der Waals surface area contributed by atoms with E-state index in [0.29, 0.717) is 22.9 Å². The number of hydrogen-bond acceptors (Lipinski definition) is 7. The fourth-order valence-corrected chi connectivity index (χ4v) is 2.77. The number of amides is 1. The van der Waals surface area contributed by atoms with Crippen LogP contribution in [-0.4, -0.2) is 38.7 Å². The molecule has 0 atom stereocenters. The number of ether oxygens (including phenoxy) is 4. The smallest absolute Gasteiger partial charge is 0.338 e. The molecule has 8 nitrogen and oxygen atoms in total. The molecular formula is C24H20FNO7. The second kappa shape index (κ2) is 10.8. The van der Waals surface area contributed by atoms with Gasteiger partial charge >= 0.3 is 11.9 Å². The first-order valence-electron chi connectivity index (χ1n) is 9.66. The van der Waals surface area contributed by atoms with Crippen LogP contribution in [0.15, 0.2) is 66.7 Å². The van der Waals surface area contributed by atoms with Crippen molar-refractivity contribution in [2.75, 3.05) is 26.1 Å². The summed E-state index contributed by atoms with van der Waals surface area (Å²) in [4.78, 5) is 35.9. The van der Waals surface area contributed by atoms with Crippen molar-refractivity contribution in [3.8, 4) is 17.2 Å². The Balaban J connectivity index is 1.62. The second-order valence-corrected chi connectivity index (χ2v) is 6.61. The number of esters is 2. The molecule has 0 radical (unpaired) electrons. The summed E-state index contributed by atoms with van der Waals surface area (Å²) in [5, 5.41) is 2.67. The van der Waals surface area contributed by atoms with Gasteiger partial charge in [0.25, 0.3) is 5.91 Å². The van der Waals surface area contributed by atoms with E-state index in [1.54, 1.807) is 24.3 Å². The standard InChI is InChI=1S/C24H20FNO7/c1-30-23(28)20-12-11-19(13-21(20)24(29)31-2)33-18-9-5-16(6-10-18)26-22(27)14-32-17-7-3-15(25)4-8-17/h3-13H,14H2,1-2H3,(H,26,27). The number of benzene rings is 3. The highest BCUT2D eigenvalue weighted by Gasteiger charge is 2.19. The molecule has 3 rings (SSSR count). The summed E-state index contributed by atoms with van der Waals surface area (Å²) in [5.74, 6) is -1.07. The minimum Gasteiger partial charge on any atom is -0.484 e. The van der Waals surface area contributed by atoms with Crippen molar-refractivity contribution in [1.29, 1.82) is 0 Å². The first-order valence-corrected chi connectivity index (χ1v) is 9.66. The molecule has 0 spiro atoms. The summed E-state index contributed by atoms with van der Waals surface area (Å²) >= 11 is 0. The van der Waals surface area contributed by atoms with Crippen LogP contribution in [0.1, 0.15) is 20.7 Å². The molecule has 0 aliphatic heterocycles. The molecule has 0 aliphatic rings. The average Bonchev–Trinajstić information content (AvgIpc) is 2.84. The van der Waals surface area contributed by atoms with Crippen LogP contribution in [0.5, 0.6) is 17.2 Å². The number of anilines is 1. The van der Waals surface area contributed by atoms with Gasteiger partial charge in [-0.1, -0.05) is 0 Å². The van der Waals surface area contributed by atoms with E-state index >= 15 is 0 Å². The van der Waals surface area contributed by atoms with Crippen molar-refractivity contribution in [1.82, 2.24) is 0 Å². The molecule has 3 aromatic rings. The molecule has 0 heterocycles. The Morgan fingerprint density at radius 2 is 1.33 bits per heavy atom. The van der Waals surface area contributed by atoms with Gasteiger partial charge in [-0.3, -0.25) is 4.79 Å². The summed E-state index contributed by atoms with van der Waals surface area (Å²) in [6.07, 6.45) is 0. The molecule has 0 bridgehead atoms. The van der Waals surface area contributed by atoms with Crippen LogP contribution in [0.2, 0.25) is 0 Å². The number of rotatable bonds is 8. The summed E-state index contributed by atoms with van der Waals surface area (Å²) in [7, 11) is 2.41. The molecule has 1 N–H and O–H groups in total. The highest BCUT2D eigenvalue weighted by Crippen LogP contribution is 2.26. The van der Waals surface area contributed by atoms with E-state index in [2.05, 4.69) is 10.1 Å². The van der Waals surface area contributed by atoms with E-state index in [-0.39, 0.29) is 17.7 Å². The quantitative estimate of drug-likeness (QED) is 0.510. The lowest BCUT2D eigenvalue weighted by Gasteiger charge is -2.11. The van der Waals surface area contributed by atoms with Crippen molar-refractivity contribution in [3.05, 3.63) is 83.7 Å². The molecule has 0 aromatic heterocycles. The van der Waals surface area contributed by atoms with E-state index in [0.717, 1.165) is 0 Å². The Hall–Kier alpha value is -4.40. The Kier molecular flexibility index (Phi) is 7.59. The van der Waals surface area contributed by atoms with Crippen LogP contribution in [0.3, 0.4) is 0 Å². The maximum Gasteiger partial charge on any atom is 0.338 e. The molecule has 0 aliphatic carbocycles. The van der Waals surface area contributed by atoms with Crippen molar-refractivity contribution < 1.29 is 37.7 Å². The summed E-state index contributed by atoms with van der Waals surface area (Å²) < 4.78 is 33.3. The molecule has 0 unspecified atom stereocenters. The van der Waals surface area contributed by atoms with E-state index in [4.69, 9.17) is 14.2 Å². The highest BCUT2D eigenvalue weighted by atomic mass is 19.1. The van der Waals surface area contributed by atoms with Crippen LogP contribution in [0.4, 0.5) is 10.1 Å². The van der Waals surface area contributed by atoms with Gasteiger partial charge in [-0.15, -0.1) is 0 Å². The highest BCUT2D eigenvalue weighted by molar-refractivity contribution is 6.03. The second-order valence-electron chi connectivity index (χ2n) is 6.61. The van der Waals surface area contributed by atoms with Gasteiger partial charge < -0.3 is 24.3 Å². The number of methoxy groups -OCH3 is 2. The zero-order valence-corrected chi connectivity index (χ0v) is 17.8. The maximum atomic E-state index is 12.9. The van der Waals surface area contributed by atoms with Crippen molar-refractivity contribution in [2.24, 2.45) is 0 Å². The van der Waals surface area contributed by atoms with Gasteiger partial charge in [-0.2, -0.15) is 0 Å². The van der Waals surface area contributed by atoms with Gasteiger partial charge in [0, 0.05) is 5.69 Å². The lowest BCUT2D eigenvalue weighted by Crippen LogP contribution is -2.20. The molecule has 0 fully saturated rings. The SMILES string of the molecule is COC(=O)c1ccc(Oc2ccc(NC(=O)COc3ccc(F)cc3)cc2)cc1C(=O)OC. The van der Waals surface area contributed by atoms with Crippen LogP contribution in [-0.2, 0) is 14.3 Å². The summed E-state index contributed by atoms with van der Waals surface area (Å²) in [5.41, 5.74) is 0.566. The molecule has 9 heteroatoms. The third-order valence-corrected chi connectivity index (χ3v) is 4.36. The summed E-state index contributed by atoms with van der Waals surface area (Å²) in [6.45, 7) is -0.243. The molecule has 0 saturated carbocycles.